The summed E-state index contributed by atoms with van der Waals surface area (Å²) in [6.07, 6.45) is 0.190. The molecule has 0 fully saturated rings. The van der Waals surface area contributed by atoms with E-state index in [1.165, 1.54) is 10.6 Å². The van der Waals surface area contributed by atoms with Crippen LogP contribution in [-0.4, -0.2) is 37.6 Å². The van der Waals surface area contributed by atoms with Gasteiger partial charge in [0.15, 0.2) is 5.65 Å². The summed E-state index contributed by atoms with van der Waals surface area (Å²) in [5, 5.41) is 11.6. The Labute approximate surface area is 161 Å². The van der Waals surface area contributed by atoms with Gasteiger partial charge < -0.3 is 10.4 Å². The molecule has 1 unspecified atom stereocenters. The summed E-state index contributed by atoms with van der Waals surface area (Å²) in [7, 11) is 0. The molecule has 2 aromatic heterocycles. The van der Waals surface area contributed by atoms with Crippen LogP contribution in [0, 0.1) is 5.92 Å². The number of fused-ring (bicyclic) bond motifs is 1. The first-order chi connectivity index (χ1) is 13.1. The fourth-order valence-corrected chi connectivity index (χ4v) is 2.88. The highest BCUT2D eigenvalue weighted by Gasteiger charge is 2.24. The van der Waals surface area contributed by atoms with Crippen LogP contribution in [0.25, 0.3) is 11.0 Å². The summed E-state index contributed by atoms with van der Waals surface area (Å²) in [5.74, 6) is -1.82. The molecule has 0 saturated carbocycles. The Morgan fingerprint density at radius 1 is 1.25 bits per heavy atom. The smallest absolute Gasteiger partial charge is 0.330 e. The number of nitrogens with one attached hydrogen (secondary N) is 2. The second kappa shape index (κ2) is 8.37. The van der Waals surface area contributed by atoms with Gasteiger partial charge in [0.1, 0.15) is 6.04 Å². The number of carboxylic acid groups (broad SMARTS) is 1. The minimum atomic E-state index is -1.16. The standard InChI is InChI=1S/C19H26N4O5/c1-6-12(18(26)27)21-16(24)11-7-13(10(4)5)20-15-14(11)17(25)22-19(28)23(15)8-9(2)3/h7,9-10,12H,6,8H2,1-5H3,(H,21,24)(H,26,27)(H,22,25,28). The lowest BCUT2D eigenvalue weighted by molar-refractivity contribution is -0.139. The molecule has 1 amide bonds. The molecule has 3 N–H and O–H groups in total. The van der Waals surface area contributed by atoms with Crippen molar-refractivity contribution in [1.82, 2.24) is 19.9 Å². The number of carbonyl (C=O) groups excluding carboxylic acids is 1. The number of carboxylic acids is 1. The van der Waals surface area contributed by atoms with Gasteiger partial charge in [0, 0.05) is 12.2 Å². The molecule has 0 aromatic carbocycles. The van der Waals surface area contributed by atoms with Crippen molar-refractivity contribution in [2.45, 2.75) is 59.5 Å². The van der Waals surface area contributed by atoms with Crippen molar-refractivity contribution in [3.8, 4) is 0 Å². The summed E-state index contributed by atoms with van der Waals surface area (Å²) >= 11 is 0. The molecule has 2 rings (SSSR count). The summed E-state index contributed by atoms with van der Waals surface area (Å²) in [6.45, 7) is 9.54. The Balaban J connectivity index is 2.81. The van der Waals surface area contributed by atoms with E-state index in [0.29, 0.717) is 12.2 Å². The summed E-state index contributed by atoms with van der Waals surface area (Å²) in [4.78, 5) is 55.7. The molecule has 9 nitrogen and oxygen atoms in total. The molecule has 152 valence electrons. The van der Waals surface area contributed by atoms with Crippen LogP contribution in [0.3, 0.4) is 0 Å². The van der Waals surface area contributed by atoms with Gasteiger partial charge in [-0.05, 0) is 24.3 Å². The van der Waals surface area contributed by atoms with E-state index >= 15 is 0 Å². The molecule has 2 heterocycles. The maximum Gasteiger partial charge on any atom is 0.330 e. The minimum Gasteiger partial charge on any atom is -0.480 e. The normalized spacial score (nSPS) is 12.5. The molecule has 0 aliphatic rings. The molecule has 0 radical (unpaired) electrons. The van der Waals surface area contributed by atoms with Crippen molar-refractivity contribution in [1.29, 1.82) is 0 Å². The van der Waals surface area contributed by atoms with Crippen molar-refractivity contribution in [2.24, 2.45) is 5.92 Å². The van der Waals surface area contributed by atoms with Crippen molar-refractivity contribution >= 4 is 22.9 Å². The van der Waals surface area contributed by atoms with Gasteiger partial charge in [-0.3, -0.25) is 19.1 Å². The van der Waals surface area contributed by atoms with Crippen LogP contribution in [0.2, 0.25) is 0 Å². The van der Waals surface area contributed by atoms with Crippen LogP contribution in [0.4, 0.5) is 0 Å². The molecule has 0 bridgehead atoms. The zero-order valence-electron chi connectivity index (χ0n) is 16.7. The van der Waals surface area contributed by atoms with Gasteiger partial charge in [0.05, 0.1) is 10.9 Å². The molecule has 2 aromatic rings. The van der Waals surface area contributed by atoms with E-state index in [1.807, 2.05) is 27.7 Å². The number of aromatic nitrogens is 3. The average molecular weight is 390 g/mol. The third-order valence-corrected chi connectivity index (χ3v) is 4.36. The fourth-order valence-electron chi connectivity index (χ4n) is 2.88. The Kier molecular flexibility index (Phi) is 6.37. The predicted octanol–water partition coefficient (Wildman–Crippen LogP) is 1.46. The fraction of sp³-hybridized carbons (Fsp3) is 0.526. The molecule has 0 saturated heterocycles. The maximum absolute atomic E-state index is 12.8. The summed E-state index contributed by atoms with van der Waals surface area (Å²) < 4.78 is 1.35. The number of amides is 1. The molecule has 28 heavy (non-hydrogen) atoms. The average Bonchev–Trinajstić information content (AvgIpc) is 2.61. The number of hydrogen-bond acceptors (Lipinski definition) is 5. The minimum absolute atomic E-state index is 0.00663. The number of nitrogens with zero attached hydrogens (tertiary/aromatic N) is 2. The first kappa shape index (κ1) is 21.3. The van der Waals surface area contributed by atoms with Crippen LogP contribution in [0.15, 0.2) is 15.7 Å². The summed E-state index contributed by atoms with van der Waals surface area (Å²) in [5.41, 5.74) is -0.655. The lowest BCUT2D eigenvalue weighted by Crippen LogP contribution is -2.41. The van der Waals surface area contributed by atoms with Gasteiger partial charge in [-0.1, -0.05) is 34.6 Å². The van der Waals surface area contributed by atoms with Crippen LogP contribution in [0.5, 0.6) is 0 Å². The SMILES string of the molecule is CCC(NC(=O)c1cc(C(C)C)nc2c1c(=O)[nH]c(=O)n2CC(C)C)C(=O)O. The highest BCUT2D eigenvalue weighted by atomic mass is 16.4. The van der Waals surface area contributed by atoms with Gasteiger partial charge in [0.2, 0.25) is 0 Å². The highest BCUT2D eigenvalue weighted by Crippen LogP contribution is 2.20. The number of pyridine rings is 1. The molecule has 0 aliphatic carbocycles. The van der Waals surface area contributed by atoms with Crippen LogP contribution in [0.1, 0.15) is 63.0 Å². The van der Waals surface area contributed by atoms with E-state index < -0.39 is 29.2 Å². The molecule has 9 heteroatoms. The van der Waals surface area contributed by atoms with Crippen molar-refractivity contribution in [3.63, 3.8) is 0 Å². The number of aromatic amines is 1. The van der Waals surface area contributed by atoms with Crippen molar-refractivity contribution < 1.29 is 14.7 Å². The third-order valence-electron chi connectivity index (χ3n) is 4.36. The molecule has 1 atom stereocenters. The monoisotopic (exact) mass is 390 g/mol. The topological polar surface area (TPSA) is 134 Å². The van der Waals surface area contributed by atoms with Crippen LogP contribution < -0.4 is 16.6 Å². The lowest BCUT2D eigenvalue weighted by atomic mass is 10.0. The second-order valence-electron chi connectivity index (χ2n) is 7.48. The van der Waals surface area contributed by atoms with Gasteiger partial charge in [0.25, 0.3) is 11.5 Å². The highest BCUT2D eigenvalue weighted by molar-refractivity contribution is 6.06. The van der Waals surface area contributed by atoms with Gasteiger partial charge in [-0.2, -0.15) is 0 Å². The molecular formula is C19H26N4O5. The third kappa shape index (κ3) is 4.29. The van der Waals surface area contributed by atoms with Crippen LogP contribution >= 0.6 is 0 Å². The van der Waals surface area contributed by atoms with E-state index in [4.69, 9.17) is 0 Å². The Hall–Kier alpha value is -2.97. The molecule has 0 spiro atoms. The van der Waals surface area contributed by atoms with Crippen molar-refractivity contribution in [2.75, 3.05) is 0 Å². The number of rotatable bonds is 7. The maximum atomic E-state index is 12.8. The summed E-state index contributed by atoms with van der Waals surface area (Å²) in [6, 6.07) is 0.398. The van der Waals surface area contributed by atoms with E-state index in [0.717, 1.165) is 0 Å². The zero-order chi connectivity index (χ0) is 21.2. The number of carbonyl (C=O) groups is 2. The molecule has 0 aliphatic heterocycles. The quantitative estimate of drug-likeness (QED) is 0.655. The zero-order valence-corrected chi connectivity index (χ0v) is 16.7. The van der Waals surface area contributed by atoms with E-state index in [-0.39, 0.29) is 34.9 Å². The lowest BCUT2D eigenvalue weighted by Gasteiger charge is -2.17. The van der Waals surface area contributed by atoms with Crippen molar-refractivity contribution in [3.05, 3.63) is 38.2 Å². The number of H-pyrrole nitrogens is 1. The number of hydrogen-bond donors (Lipinski definition) is 3. The Morgan fingerprint density at radius 3 is 2.39 bits per heavy atom. The van der Waals surface area contributed by atoms with E-state index in [9.17, 15) is 24.3 Å². The Bertz CT molecular complexity index is 1020. The first-order valence-corrected chi connectivity index (χ1v) is 9.28. The first-order valence-electron chi connectivity index (χ1n) is 9.28. The van der Waals surface area contributed by atoms with E-state index in [1.54, 1.807) is 6.92 Å². The largest absolute Gasteiger partial charge is 0.480 e. The van der Waals surface area contributed by atoms with E-state index in [2.05, 4.69) is 15.3 Å². The Morgan fingerprint density at radius 2 is 1.89 bits per heavy atom. The predicted molar refractivity (Wildman–Crippen MR) is 105 cm³/mol. The molecular weight excluding hydrogens is 364 g/mol. The van der Waals surface area contributed by atoms with Gasteiger partial charge in [-0.15, -0.1) is 0 Å². The van der Waals surface area contributed by atoms with Crippen LogP contribution in [-0.2, 0) is 11.3 Å². The van der Waals surface area contributed by atoms with Gasteiger partial charge >= 0.3 is 11.7 Å². The van der Waals surface area contributed by atoms with Gasteiger partial charge in [-0.25, -0.2) is 14.6 Å². The second-order valence-corrected chi connectivity index (χ2v) is 7.48. The number of aliphatic carboxylic acids is 1.